The molecule has 0 bridgehead atoms. The molecule has 0 spiro atoms. The van der Waals surface area contributed by atoms with Crippen LogP contribution in [0.5, 0.6) is 0 Å². The molecule has 1 aromatic rings. The summed E-state index contributed by atoms with van der Waals surface area (Å²) in [6.45, 7) is 3.66. The Morgan fingerprint density at radius 3 is 2.83 bits per heavy atom. The van der Waals surface area contributed by atoms with Gasteiger partial charge in [0.05, 0.1) is 0 Å². The number of nitrogens with two attached hydrogens (primary N) is 1. The molecule has 18 heavy (non-hydrogen) atoms. The predicted octanol–water partition coefficient (Wildman–Crippen LogP) is 1.68. The van der Waals surface area contributed by atoms with Crippen LogP contribution in [0.3, 0.4) is 0 Å². The third-order valence-corrected chi connectivity index (χ3v) is 4.70. The number of aromatic nitrogens is 1. The maximum absolute atomic E-state index is 6.25. The van der Waals surface area contributed by atoms with Gasteiger partial charge >= 0.3 is 0 Å². The van der Waals surface area contributed by atoms with Crippen LogP contribution in [0.4, 0.5) is 0 Å². The summed E-state index contributed by atoms with van der Waals surface area (Å²) in [5, 5.41) is 0. The van der Waals surface area contributed by atoms with Gasteiger partial charge in [-0.1, -0.05) is 6.42 Å². The zero-order valence-electron chi connectivity index (χ0n) is 11.0. The van der Waals surface area contributed by atoms with Gasteiger partial charge in [-0.25, -0.2) is 0 Å². The quantitative estimate of drug-likeness (QED) is 0.881. The van der Waals surface area contributed by atoms with Crippen LogP contribution in [-0.4, -0.2) is 35.6 Å². The highest BCUT2D eigenvalue weighted by atomic mass is 15.2. The number of rotatable bonds is 3. The largest absolute Gasteiger partial charge is 0.327 e. The van der Waals surface area contributed by atoms with E-state index < -0.39 is 0 Å². The molecule has 1 aliphatic carbocycles. The van der Waals surface area contributed by atoms with E-state index in [2.05, 4.69) is 22.0 Å². The molecule has 1 saturated heterocycles. The molecule has 0 aromatic carbocycles. The lowest BCUT2D eigenvalue weighted by Crippen LogP contribution is -2.38. The smallest absolute Gasteiger partial charge is 0.0270 e. The Bertz CT molecular complexity index is 379. The van der Waals surface area contributed by atoms with E-state index in [1.165, 1.54) is 44.5 Å². The Labute approximate surface area is 109 Å². The molecule has 2 aliphatic rings. The highest BCUT2D eigenvalue weighted by molar-refractivity contribution is 5.10. The van der Waals surface area contributed by atoms with Crippen LogP contribution in [0.25, 0.3) is 0 Å². The summed E-state index contributed by atoms with van der Waals surface area (Å²) < 4.78 is 0. The van der Waals surface area contributed by atoms with Gasteiger partial charge in [-0.3, -0.25) is 4.98 Å². The third-order valence-electron chi connectivity index (χ3n) is 4.70. The number of pyridine rings is 1. The summed E-state index contributed by atoms with van der Waals surface area (Å²) in [6.07, 6.45) is 8.87. The Morgan fingerprint density at radius 1 is 1.22 bits per heavy atom. The summed E-state index contributed by atoms with van der Waals surface area (Å²) in [4.78, 5) is 6.68. The monoisotopic (exact) mass is 245 g/mol. The first-order valence-electron chi connectivity index (χ1n) is 7.20. The molecule has 2 heterocycles. The summed E-state index contributed by atoms with van der Waals surface area (Å²) in [6, 6.07) is 4.69. The molecule has 2 N–H and O–H groups in total. The second-order valence-corrected chi connectivity index (χ2v) is 5.88. The molecule has 1 aliphatic heterocycles. The third kappa shape index (κ3) is 2.57. The minimum atomic E-state index is 0.453. The van der Waals surface area contributed by atoms with Gasteiger partial charge in [0.1, 0.15) is 0 Å². The molecular weight excluding hydrogens is 222 g/mol. The van der Waals surface area contributed by atoms with Crippen molar-refractivity contribution in [1.82, 2.24) is 9.88 Å². The van der Waals surface area contributed by atoms with E-state index in [0.717, 1.165) is 18.3 Å². The second kappa shape index (κ2) is 5.37. The SMILES string of the molecule is NC1CCCC2CN(CCc3ccncc3)CC12. The van der Waals surface area contributed by atoms with Gasteiger partial charge < -0.3 is 10.6 Å². The van der Waals surface area contributed by atoms with E-state index in [4.69, 9.17) is 5.73 Å². The summed E-state index contributed by atoms with van der Waals surface area (Å²) in [5.74, 6) is 1.63. The lowest BCUT2D eigenvalue weighted by Gasteiger charge is -2.29. The first kappa shape index (κ1) is 12.1. The lowest BCUT2D eigenvalue weighted by molar-refractivity contribution is 0.259. The molecule has 3 heteroatoms. The van der Waals surface area contributed by atoms with E-state index >= 15 is 0 Å². The number of hydrogen-bond acceptors (Lipinski definition) is 3. The van der Waals surface area contributed by atoms with Crippen molar-refractivity contribution >= 4 is 0 Å². The molecule has 3 rings (SSSR count). The fourth-order valence-corrected chi connectivity index (χ4v) is 3.63. The van der Waals surface area contributed by atoms with Crippen LogP contribution in [-0.2, 0) is 6.42 Å². The van der Waals surface area contributed by atoms with Crippen LogP contribution in [0.2, 0.25) is 0 Å². The van der Waals surface area contributed by atoms with Gasteiger partial charge in [0.25, 0.3) is 0 Å². The predicted molar refractivity (Wildman–Crippen MR) is 73.2 cm³/mol. The van der Waals surface area contributed by atoms with E-state index in [9.17, 15) is 0 Å². The minimum absolute atomic E-state index is 0.453. The zero-order chi connectivity index (χ0) is 12.4. The van der Waals surface area contributed by atoms with Crippen molar-refractivity contribution in [3.8, 4) is 0 Å². The van der Waals surface area contributed by atoms with E-state index in [1.807, 2.05) is 12.4 Å². The van der Waals surface area contributed by atoms with Crippen molar-refractivity contribution in [2.24, 2.45) is 17.6 Å². The zero-order valence-corrected chi connectivity index (χ0v) is 11.0. The average Bonchev–Trinajstić information content (AvgIpc) is 2.82. The van der Waals surface area contributed by atoms with Crippen LogP contribution in [0, 0.1) is 11.8 Å². The van der Waals surface area contributed by atoms with Crippen LogP contribution >= 0.6 is 0 Å². The molecule has 1 aromatic heterocycles. The summed E-state index contributed by atoms with van der Waals surface area (Å²) in [7, 11) is 0. The van der Waals surface area contributed by atoms with E-state index in [-0.39, 0.29) is 0 Å². The molecule has 3 atom stereocenters. The molecule has 0 radical (unpaired) electrons. The van der Waals surface area contributed by atoms with Crippen LogP contribution in [0.15, 0.2) is 24.5 Å². The molecule has 2 fully saturated rings. The van der Waals surface area contributed by atoms with Gasteiger partial charge in [0.2, 0.25) is 0 Å². The topological polar surface area (TPSA) is 42.1 Å². The standard InChI is InChI=1S/C15H23N3/c16-15-3-1-2-13-10-18(11-14(13)15)9-6-12-4-7-17-8-5-12/h4-5,7-8,13-15H,1-3,6,9-11,16H2. The van der Waals surface area contributed by atoms with Crippen LogP contribution < -0.4 is 5.73 Å². The number of nitrogens with zero attached hydrogens (tertiary/aromatic N) is 2. The van der Waals surface area contributed by atoms with Crippen molar-refractivity contribution in [2.45, 2.75) is 31.7 Å². The molecule has 0 amide bonds. The fourth-order valence-electron chi connectivity index (χ4n) is 3.63. The Kier molecular flexibility index (Phi) is 3.62. The van der Waals surface area contributed by atoms with E-state index in [0.29, 0.717) is 6.04 Å². The molecular formula is C15H23N3. The molecule has 98 valence electrons. The van der Waals surface area contributed by atoms with Gasteiger partial charge in [-0.2, -0.15) is 0 Å². The van der Waals surface area contributed by atoms with Gasteiger partial charge in [0, 0.05) is 38.1 Å². The maximum atomic E-state index is 6.25. The normalized spacial score (nSPS) is 32.4. The van der Waals surface area contributed by atoms with Crippen molar-refractivity contribution in [1.29, 1.82) is 0 Å². The van der Waals surface area contributed by atoms with E-state index in [1.54, 1.807) is 0 Å². The molecule has 3 nitrogen and oxygen atoms in total. The second-order valence-electron chi connectivity index (χ2n) is 5.88. The van der Waals surface area contributed by atoms with Crippen molar-refractivity contribution in [2.75, 3.05) is 19.6 Å². The number of likely N-dealkylation sites (tertiary alicyclic amines) is 1. The Balaban J connectivity index is 1.53. The highest BCUT2D eigenvalue weighted by Crippen LogP contribution is 2.35. The van der Waals surface area contributed by atoms with Gasteiger partial charge in [0.15, 0.2) is 0 Å². The first-order valence-corrected chi connectivity index (χ1v) is 7.20. The Hall–Kier alpha value is -0.930. The first-order chi connectivity index (χ1) is 8.83. The van der Waals surface area contributed by atoms with Crippen molar-refractivity contribution in [3.05, 3.63) is 30.1 Å². The average molecular weight is 245 g/mol. The molecule has 1 saturated carbocycles. The fraction of sp³-hybridized carbons (Fsp3) is 0.667. The lowest BCUT2D eigenvalue weighted by atomic mass is 9.78. The Morgan fingerprint density at radius 2 is 2.06 bits per heavy atom. The van der Waals surface area contributed by atoms with Crippen molar-refractivity contribution < 1.29 is 0 Å². The summed E-state index contributed by atoms with van der Waals surface area (Å²) in [5.41, 5.74) is 7.65. The number of fused-ring (bicyclic) bond motifs is 1. The minimum Gasteiger partial charge on any atom is -0.327 e. The summed E-state index contributed by atoms with van der Waals surface area (Å²) >= 11 is 0. The van der Waals surface area contributed by atoms with Crippen LogP contribution in [0.1, 0.15) is 24.8 Å². The van der Waals surface area contributed by atoms with Crippen molar-refractivity contribution in [3.63, 3.8) is 0 Å². The maximum Gasteiger partial charge on any atom is 0.0270 e. The number of hydrogen-bond donors (Lipinski definition) is 1. The van der Waals surface area contributed by atoms with Gasteiger partial charge in [-0.05, 0) is 48.8 Å². The highest BCUT2D eigenvalue weighted by Gasteiger charge is 2.38. The van der Waals surface area contributed by atoms with Gasteiger partial charge in [-0.15, -0.1) is 0 Å². The molecule has 3 unspecified atom stereocenters.